The number of nitrogens with one attached hydrogen (secondary N) is 1. The van der Waals surface area contributed by atoms with E-state index in [4.69, 9.17) is 5.73 Å². The Morgan fingerprint density at radius 3 is 2.46 bits per heavy atom. The average molecular weight is 203 g/mol. The third-order valence-corrected chi connectivity index (χ3v) is 2.38. The van der Waals surface area contributed by atoms with Crippen molar-refractivity contribution in [3.8, 4) is 0 Å². The predicted molar refractivity (Wildman–Crippen MR) is 62.4 cm³/mol. The van der Waals surface area contributed by atoms with Crippen LogP contribution < -0.4 is 11.1 Å². The Morgan fingerprint density at radius 1 is 1.54 bits per heavy atom. The van der Waals surface area contributed by atoms with Gasteiger partial charge >= 0.3 is 0 Å². The van der Waals surface area contributed by atoms with E-state index in [1.54, 1.807) is 11.8 Å². The number of nitrogens with two attached hydrogens (primary N) is 1. The highest BCUT2D eigenvalue weighted by atomic mass is 32.2. The SMILES string of the molecule is CSC(C)CN=C(N)NC(C)(C)C. The van der Waals surface area contributed by atoms with E-state index in [-0.39, 0.29) is 5.54 Å². The van der Waals surface area contributed by atoms with Gasteiger partial charge in [0.2, 0.25) is 0 Å². The van der Waals surface area contributed by atoms with Crippen molar-refractivity contribution in [2.24, 2.45) is 10.7 Å². The van der Waals surface area contributed by atoms with Crippen LogP contribution in [0.2, 0.25) is 0 Å². The van der Waals surface area contributed by atoms with Crippen molar-refractivity contribution in [1.29, 1.82) is 0 Å². The fourth-order valence-electron chi connectivity index (χ4n) is 0.725. The van der Waals surface area contributed by atoms with Gasteiger partial charge in [-0.3, -0.25) is 4.99 Å². The zero-order valence-corrected chi connectivity index (χ0v) is 10.0. The molecule has 78 valence electrons. The Labute approximate surface area is 85.6 Å². The Bertz CT molecular complexity index is 172. The summed E-state index contributed by atoms with van der Waals surface area (Å²) in [6.45, 7) is 9.10. The van der Waals surface area contributed by atoms with Gasteiger partial charge in [-0.2, -0.15) is 11.8 Å². The molecule has 3 N–H and O–H groups in total. The van der Waals surface area contributed by atoms with E-state index >= 15 is 0 Å². The lowest BCUT2D eigenvalue weighted by Gasteiger charge is -2.21. The second-order valence-corrected chi connectivity index (χ2v) is 5.42. The molecule has 3 nitrogen and oxygen atoms in total. The van der Waals surface area contributed by atoms with Crippen molar-refractivity contribution in [3.63, 3.8) is 0 Å². The number of rotatable bonds is 3. The van der Waals surface area contributed by atoms with Crippen molar-refractivity contribution < 1.29 is 0 Å². The number of guanidine groups is 1. The number of hydrogen-bond donors (Lipinski definition) is 2. The Hall–Kier alpha value is -0.380. The van der Waals surface area contributed by atoms with E-state index in [1.807, 2.05) is 0 Å². The van der Waals surface area contributed by atoms with Crippen LogP contribution in [0.3, 0.4) is 0 Å². The second-order valence-electron chi connectivity index (χ2n) is 4.15. The minimum absolute atomic E-state index is 0.00379. The minimum Gasteiger partial charge on any atom is -0.370 e. The summed E-state index contributed by atoms with van der Waals surface area (Å²) in [5.74, 6) is 0.536. The maximum Gasteiger partial charge on any atom is 0.189 e. The van der Waals surface area contributed by atoms with Crippen molar-refractivity contribution in [3.05, 3.63) is 0 Å². The number of hydrogen-bond acceptors (Lipinski definition) is 2. The van der Waals surface area contributed by atoms with E-state index < -0.39 is 0 Å². The molecule has 0 aromatic rings. The van der Waals surface area contributed by atoms with Crippen LogP contribution in [-0.4, -0.2) is 29.5 Å². The molecule has 0 aliphatic heterocycles. The lowest BCUT2D eigenvalue weighted by molar-refractivity contribution is 0.508. The molecule has 0 aromatic heterocycles. The lowest BCUT2D eigenvalue weighted by atomic mass is 10.1. The van der Waals surface area contributed by atoms with Crippen molar-refractivity contribution in [2.75, 3.05) is 12.8 Å². The van der Waals surface area contributed by atoms with Crippen molar-refractivity contribution >= 4 is 17.7 Å². The van der Waals surface area contributed by atoms with E-state index in [9.17, 15) is 0 Å². The first kappa shape index (κ1) is 12.6. The first-order valence-corrected chi connectivity index (χ1v) is 5.75. The fraction of sp³-hybridized carbons (Fsp3) is 0.889. The van der Waals surface area contributed by atoms with Crippen LogP contribution in [0, 0.1) is 0 Å². The average Bonchev–Trinajstić information content (AvgIpc) is 1.97. The first-order chi connectivity index (χ1) is 5.85. The van der Waals surface area contributed by atoms with Crippen LogP contribution >= 0.6 is 11.8 Å². The molecular weight excluding hydrogens is 182 g/mol. The summed E-state index contributed by atoms with van der Waals surface area (Å²) in [5.41, 5.74) is 5.69. The highest BCUT2D eigenvalue weighted by Gasteiger charge is 2.09. The number of nitrogens with zero attached hydrogens (tertiary/aromatic N) is 1. The molecule has 0 aromatic carbocycles. The molecule has 4 heteroatoms. The summed E-state index contributed by atoms with van der Waals surface area (Å²) in [6.07, 6.45) is 2.08. The molecule has 0 saturated carbocycles. The smallest absolute Gasteiger partial charge is 0.189 e. The van der Waals surface area contributed by atoms with Gasteiger partial charge in [0.15, 0.2) is 5.96 Å². The van der Waals surface area contributed by atoms with E-state index in [1.165, 1.54) is 0 Å². The standard InChI is InChI=1S/C9H21N3S/c1-7(13-5)6-11-8(10)12-9(2,3)4/h7H,6H2,1-5H3,(H3,10,11,12). The van der Waals surface area contributed by atoms with E-state index in [0.29, 0.717) is 11.2 Å². The molecule has 0 bridgehead atoms. The molecule has 0 aliphatic carbocycles. The highest BCUT2D eigenvalue weighted by molar-refractivity contribution is 7.99. The maximum atomic E-state index is 5.69. The van der Waals surface area contributed by atoms with Crippen LogP contribution in [0.5, 0.6) is 0 Å². The van der Waals surface area contributed by atoms with Crippen molar-refractivity contribution in [1.82, 2.24) is 5.32 Å². The molecule has 0 amide bonds. The van der Waals surface area contributed by atoms with Gasteiger partial charge in [0.25, 0.3) is 0 Å². The summed E-state index contributed by atoms with van der Waals surface area (Å²) < 4.78 is 0. The largest absolute Gasteiger partial charge is 0.370 e. The van der Waals surface area contributed by atoms with Gasteiger partial charge in [-0.1, -0.05) is 6.92 Å². The molecule has 0 aliphatic rings. The molecule has 1 unspecified atom stereocenters. The molecular formula is C9H21N3S. The monoisotopic (exact) mass is 203 g/mol. The quantitative estimate of drug-likeness (QED) is 0.539. The summed E-state index contributed by atoms with van der Waals surface area (Å²) in [7, 11) is 0. The molecule has 0 spiro atoms. The lowest BCUT2D eigenvalue weighted by Crippen LogP contribution is -2.45. The van der Waals surface area contributed by atoms with Gasteiger partial charge in [-0.15, -0.1) is 0 Å². The maximum absolute atomic E-state index is 5.69. The Balaban J connectivity index is 3.89. The van der Waals surface area contributed by atoms with Crippen LogP contribution in [-0.2, 0) is 0 Å². The van der Waals surface area contributed by atoms with Gasteiger partial charge in [-0.05, 0) is 27.0 Å². The topological polar surface area (TPSA) is 50.4 Å². The predicted octanol–water partition coefficient (Wildman–Crippen LogP) is 1.44. The van der Waals surface area contributed by atoms with E-state index in [0.717, 1.165) is 6.54 Å². The number of aliphatic imine (C=N–C) groups is 1. The van der Waals surface area contributed by atoms with Crippen LogP contribution in [0.4, 0.5) is 0 Å². The van der Waals surface area contributed by atoms with Gasteiger partial charge in [0, 0.05) is 10.8 Å². The van der Waals surface area contributed by atoms with Gasteiger partial charge in [0.05, 0.1) is 6.54 Å². The highest BCUT2D eigenvalue weighted by Crippen LogP contribution is 2.04. The summed E-state index contributed by atoms with van der Waals surface area (Å²) >= 11 is 1.79. The zero-order valence-electron chi connectivity index (χ0n) is 9.22. The molecule has 0 fully saturated rings. The summed E-state index contributed by atoms with van der Waals surface area (Å²) in [6, 6.07) is 0. The van der Waals surface area contributed by atoms with Crippen molar-refractivity contribution in [2.45, 2.75) is 38.5 Å². The zero-order chi connectivity index (χ0) is 10.5. The van der Waals surface area contributed by atoms with Gasteiger partial charge < -0.3 is 11.1 Å². The minimum atomic E-state index is -0.00379. The van der Waals surface area contributed by atoms with Crippen LogP contribution in [0.15, 0.2) is 4.99 Å². The third-order valence-electron chi connectivity index (χ3n) is 1.42. The molecule has 13 heavy (non-hydrogen) atoms. The summed E-state index contributed by atoms with van der Waals surface area (Å²) in [5, 5.41) is 3.65. The third kappa shape index (κ3) is 7.96. The summed E-state index contributed by atoms with van der Waals surface area (Å²) in [4.78, 5) is 4.24. The molecule has 1 atom stereocenters. The number of thioether (sulfide) groups is 1. The second kappa shape index (κ2) is 5.37. The van der Waals surface area contributed by atoms with Crippen LogP contribution in [0.1, 0.15) is 27.7 Å². The molecule has 0 saturated heterocycles. The Kier molecular flexibility index (Phi) is 5.21. The van der Waals surface area contributed by atoms with E-state index in [2.05, 4.69) is 44.3 Å². The van der Waals surface area contributed by atoms with Gasteiger partial charge in [-0.25, -0.2) is 0 Å². The van der Waals surface area contributed by atoms with Crippen LogP contribution in [0.25, 0.3) is 0 Å². The first-order valence-electron chi connectivity index (χ1n) is 4.46. The molecule has 0 radical (unpaired) electrons. The Morgan fingerprint density at radius 2 is 2.08 bits per heavy atom. The molecule has 0 heterocycles. The normalized spacial score (nSPS) is 15.6. The van der Waals surface area contributed by atoms with Gasteiger partial charge in [0.1, 0.15) is 0 Å². The molecule has 0 rings (SSSR count). The fourth-order valence-corrected chi connectivity index (χ4v) is 0.949.